The molecule has 3 nitrogen and oxygen atoms in total. The van der Waals surface area contributed by atoms with Gasteiger partial charge in [-0.15, -0.1) is 0 Å². The minimum absolute atomic E-state index is 0.117. The maximum atomic E-state index is 12.3. The molecule has 96 valence electrons. The average molecular weight is 263 g/mol. The number of rotatable bonds is 3. The zero-order valence-electron chi connectivity index (χ0n) is 10.6. The van der Waals surface area contributed by atoms with E-state index in [1.165, 1.54) is 4.90 Å². The summed E-state index contributed by atoms with van der Waals surface area (Å²) in [6, 6.07) is 7.30. The van der Waals surface area contributed by atoms with E-state index in [-0.39, 0.29) is 17.2 Å². The van der Waals surface area contributed by atoms with Crippen molar-refractivity contribution in [2.75, 3.05) is 12.3 Å². The Morgan fingerprint density at radius 1 is 1.28 bits per heavy atom. The molecular weight excluding hydrogens is 246 g/mol. The highest BCUT2D eigenvalue weighted by molar-refractivity contribution is 7.80. The summed E-state index contributed by atoms with van der Waals surface area (Å²) in [6.07, 6.45) is 0.310. The smallest absolute Gasteiger partial charge is 0.260 e. The second-order valence-electron chi connectivity index (χ2n) is 5.44. The van der Waals surface area contributed by atoms with E-state index in [2.05, 4.69) is 12.6 Å². The predicted molar refractivity (Wildman–Crippen MR) is 73.8 cm³/mol. The first-order chi connectivity index (χ1) is 8.44. The zero-order chi connectivity index (χ0) is 13.3. The van der Waals surface area contributed by atoms with Crippen LogP contribution in [0, 0.1) is 5.41 Å². The molecule has 1 heterocycles. The second kappa shape index (κ2) is 4.76. The molecular formula is C14H17NO2S. The fourth-order valence-corrected chi connectivity index (χ4v) is 2.14. The molecule has 0 fully saturated rings. The fraction of sp³-hybridized carbons (Fsp3) is 0.429. The van der Waals surface area contributed by atoms with E-state index in [0.717, 1.165) is 5.56 Å². The molecule has 2 rings (SSSR count). The third-order valence-corrected chi connectivity index (χ3v) is 4.01. The summed E-state index contributed by atoms with van der Waals surface area (Å²) in [5, 5.41) is 0. The van der Waals surface area contributed by atoms with Gasteiger partial charge in [-0.2, -0.15) is 12.6 Å². The van der Waals surface area contributed by atoms with Crippen molar-refractivity contribution >= 4 is 24.4 Å². The van der Waals surface area contributed by atoms with Crippen LogP contribution in [0.15, 0.2) is 24.3 Å². The maximum absolute atomic E-state index is 12.3. The van der Waals surface area contributed by atoms with Crippen LogP contribution in [0.3, 0.4) is 0 Å². The van der Waals surface area contributed by atoms with Crippen LogP contribution in [0.1, 0.15) is 29.8 Å². The van der Waals surface area contributed by atoms with Gasteiger partial charge in [0.1, 0.15) is 0 Å². The summed E-state index contributed by atoms with van der Waals surface area (Å²) in [6.45, 7) is 4.42. The van der Waals surface area contributed by atoms with E-state index in [1.807, 2.05) is 32.0 Å². The molecule has 1 aliphatic heterocycles. The normalized spacial score (nSPS) is 15.8. The van der Waals surface area contributed by atoms with Crippen molar-refractivity contribution in [3.63, 3.8) is 0 Å². The Morgan fingerprint density at radius 2 is 1.94 bits per heavy atom. The van der Waals surface area contributed by atoms with Crippen LogP contribution in [0.2, 0.25) is 0 Å². The van der Waals surface area contributed by atoms with Gasteiger partial charge < -0.3 is 0 Å². The highest BCUT2D eigenvalue weighted by atomic mass is 32.1. The molecule has 1 aliphatic rings. The van der Waals surface area contributed by atoms with Gasteiger partial charge in [-0.3, -0.25) is 14.5 Å². The Hall–Kier alpha value is -1.29. The SMILES string of the molecule is CC(C)(CS)CN1C(=O)Cc2ccccc2C1=O. The summed E-state index contributed by atoms with van der Waals surface area (Å²) >= 11 is 4.27. The number of imide groups is 1. The quantitative estimate of drug-likeness (QED) is 0.670. The Labute approximate surface area is 113 Å². The highest BCUT2D eigenvalue weighted by Gasteiger charge is 2.34. The number of hydrogen-bond acceptors (Lipinski definition) is 3. The Balaban J connectivity index is 2.30. The molecule has 0 saturated carbocycles. The standard InChI is InChI=1S/C14H17NO2S/c1-14(2,9-18)8-15-12(16)7-10-5-3-4-6-11(10)13(15)17/h3-6,18H,7-9H2,1-2H3. The molecule has 1 aromatic carbocycles. The molecule has 1 aromatic rings. The lowest BCUT2D eigenvalue weighted by Crippen LogP contribution is -2.47. The topological polar surface area (TPSA) is 37.4 Å². The molecule has 0 radical (unpaired) electrons. The number of fused-ring (bicyclic) bond motifs is 1. The molecule has 0 spiro atoms. The maximum Gasteiger partial charge on any atom is 0.260 e. The predicted octanol–water partition coefficient (Wildman–Crippen LogP) is 2.17. The van der Waals surface area contributed by atoms with Crippen molar-refractivity contribution in [3.05, 3.63) is 35.4 Å². The van der Waals surface area contributed by atoms with Crippen LogP contribution < -0.4 is 0 Å². The molecule has 2 amide bonds. The van der Waals surface area contributed by atoms with Gasteiger partial charge in [0.05, 0.1) is 6.42 Å². The molecule has 0 saturated heterocycles. The molecule has 0 aromatic heterocycles. The van der Waals surface area contributed by atoms with Crippen LogP contribution in [0.4, 0.5) is 0 Å². The first-order valence-corrected chi connectivity index (χ1v) is 6.61. The van der Waals surface area contributed by atoms with Crippen LogP contribution in [0.5, 0.6) is 0 Å². The van der Waals surface area contributed by atoms with E-state index >= 15 is 0 Å². The number of hydrogen-bond donors (Lipinski definition) is 1. The van der Waals surface area contributed by atoms with Crippen molar-refractivity contribution in [2.24, 2.45) is 5.41 Å². The summed E-state index contributed by atoms with van der Waals surface area (Å²) in [4.78, 5) is 25.7. The van der Waals surface area contributed by atoms with Crippen LogP contribution >= 0.6 is 12.6 Å². The van der Waals surface area contributed by atoms with Gasteiger partial charge >= 0.3 is 0 Å². The zero-order valence-corrected chi connectivity index (χ0v) is 11.5. The lowest BCUT2D eigenvalue weighted by atomic mass is 9.92. The van der Waals surface area contributed by atoms with Crippen molar-refractivity contribution < 1.29 is 9.59 Å². The van der Waals surface area contributed by atoms with Gasteiger partial charge in [0.2, 0.25) is 5.91 Å². The first-order valence-electron chi connectivity index (χ1n) is 5.98. The average Bonchev–Trinajstić information content (AvgIpc) is 2.34. The third kappa shape index (κ3) is 2.43. The minimum Gasteiger partial charge on any atom is -0.278 e. The van der Waals surface area contributed by atoms with Gasteiger partial charge in [0, 0.05) is 12.1 Å². The largest absolute Gasteiger partial charge is 0.278 e. The fourth-order valence-electron chi connectivity index (χ4n) is 2.04. The number of benzene rings is 1. The Bertz CT molecular complexity index is 496. The van der Waals surface area contributed by atoms with E-state index < -0.39 is 0 Å². The lowest BCUT2D eigenvalue weighted by molar-refractivity contribution is -0.129. The van der Waals surface area contributed by atoms with Gasteiger partial charge in [0.15, 0.2) is 0 Å². The number of carbonyl (C=O) groups excluding carboxylic acids is 2. The second-order valence-corrected chi connectivity index (χ2v) is 5.76. The molecule has 0 aliphatic carbocycles. The molecule has 0 atom stereocenters. The van der Waals surface area contributed by atoms with Crippen molar-refractivity contribution in [1.82, 2.24) is 4.90 Å². The highest BCUT2D eigenvalue weighted by Crippen LogP contribution is 2.25. The van der Waals surface area contributed by atoms with E-state index in [0.29, 0.717) is 24.3 Å². The summed E-state index contributed by atoms with van der Waals surface area (Å²) < 4.78 is 0. The van der Waals surface area contributed by atoms with Gasteiger partial charge in [-0.25, -0.2) is 0 Å². The summed E-state index contributed by atoms with van der Waals surface area (Å²) in [5.74, 6) is 0.330. The summed E-state index contributed by atoms with van der Waals surface area (Å²) in [7, 11) is 0. The monoisotopic (exact) mass is 263 g/mol. The number of thiol groups is 1. The number of amides is 2. The molecule has 18 heavy (non-hydrogen) atoms. The van der Waals surface area contributed by atoms with Crippen LogP contribution in [-0.2, 0) is 11.2 Å². The van der Waals surface area contributed by atoms with Crippen molar-refractivity contribution in [3.8, 4) is 0 Å². The lowest BCUT2D eigenvalue weighted by Gasteiger charge is -2.33. The van der Waals surface area contributed by atoms with Crippen molar-refractivity contribution in [1.29, 1.82) is 0 Å². The molecule has 0 unspecified atom stereocenters. The Kier molecular flexibility index (Phi) is 3.48. The number of nitrogens with zero attached hydrogens (tertiary/aromatic N) is 1. The molecule has 0 N–H and O–H groups in total. The van der Waals surface area contributed by atoms with E-state index in [1.54, 1.807) is 6.07 Å². The van der Waals surface area contributed by atoms with Gasteiger partial charge in [-0.1, -0.05) is 32.0 Å². The number of carbonyl (C=O) groups is 2. The Morgan fingerprint density at radius 3 is 2.61 bits per heavy atom. The van der Waals surface area contributed by atoms with Crippen LogP contribution in [-0.4, -0.2) is 29.0 Å². The van der Waals surface area contributed by atoms with E-state index in [9.17, 15) is 9.59 Å². The van der Waals surface area contributed by atoms with Crippen molar-refractivity contribution in [2.45, 2.75) is 20.3 Å². The third-order valence-electron chi connectivity index (χ3n) is 3.15. The summed E-state index contributed by atoms with van der Waals surface area (Å²) in [5.41, 5.74) is 1.31. The molecule has 4 heteroatoms. The van der Waals surface area contributed by atoms with E-state index in [4.69, 9.17) is 0 Å². The van der Waals surface area contributed by atoms with Crippen LogP contribution in [0.25, 0.3) is 0 Å². The van der Waals surface area contributed by atoms with Gasteiger partial charge in [-0.05, 0) is 22.8 Å². The first kappa shape index (κ1) is 13.1. The minimum atomic E-state index is -0.184. The van der Waals surface area contributed by atoms with Gasteiger partial charge in [0.25, 0.3) is 5.91 Å². The molecule has 0 bridgehead atoms.